The molecular formula is C21H21ClN4O3. The number of pyridine rings is 1. The number of hydrogen-bond acceptors (Lipinski definition) is 5. The van der Waals surface area contributed by atoms with Crippen LogP contribution in [0.2, 0.25) is 5.15 Å². The largest absolute Gasteiger partial charge is 0.448 e. The summed E-state index contributed by atoms with van der Waals surface area (Å²) in [6.07, 6.45) is 4.16. The Labute approximate surface area is 173 Å². The quantitative estimate of drug-likeness (QED) is 0.335. The van der Waals surface area contributed by atoms with Crippen molar-refractivity contribution >= 4 is 35.2 Å². The van der Waals surface area contributed by atoms with Crippen LogP contribution in [0.25, 0.3) is 6.08 Å². The molecule has 1 fully saturated rings. The lowest BCUT2D eigenvalue weighted by atomic mass is 10.1. The van der Waals surface area contributed by atoms with E-state index in [4.69, 9.17) is 16.3 Å². The predicted molar refractivity (Wildman–Crippen MR) is 109 cm³/mol. The van der Waals surface area contributed by atoms with Crippen molar-refractivity contribution in [2.75, 3.05) is 5.32 Å². The molecule has 1 aliphatic carbocycles. The normalized spacial score (nSPS) is 14.8. The van der Waals surface area contributed by atoms with Gasteiger partial charge < -0.3 is 14.6 Å². The van der Waals surface area contributed by atoms with Crippen LogP contribution in [-0.4, -0.2) is 27.5 Å². The van der Waals surface area contributed by atoms with E-state index in [9.17, 15) is 14.9 Å². The zero-order valence-corrected chi connectivity index (χ0v) is 17.2. The van der Waals surface area contributed by atoms with Crippen LogP contribution in [-0.2, 0) is 14.3 Å². The highest BCUT2D eigenvalue weighted by molar-refractivity contribution is 6.32. The van der Waals surface area contributed by atoms with Crippen molar-refractivity contribution in [2.24, 2.45) is 0 Å². The molecule has 8 heteroatoms. The maximum absolute atomic E-state index is 12.4. The number of nitrogens with zero attached hydrogens (tertiary/aromatic N) is 3. The molecular weight excluding hydrogens is 392 g/mol. The molecule has 0 aromatic carbocycles. The van der Waals surface area contributed by atoms with Crippen LogP contribution in [0.5, 0.6) is 0 Å². The zero-order chi connectivity index (χ0) is 21.1. The van der Waals surface area contributed by atoms with Crippen LogP contribution in [0.1, 0.15) is 42.8 Å². The first-order valence-corrected chi connectivity index (χ1v) is 9.62. The van der Waals surface area contributed by atoms with Crippen LogP contribution in [0.3, 0.4) is 0 Å². The molecule has 0 spiro atoms. The Bertz CT molecular complexity index is 1030. The Kier molecular flexibility index (Phi) is 6.04. The van der Waals surface area contributed by atoms with Crippen LogP contribution in [0.15, 0.2) is 30.0 Å². The Hall–Kier alpha value is -3.11. The van der Waals surface area contributed by atoms with Crippen LogP contribution < -0.4 is 5.32 Å². The highest BCUT2D eigenvalue weighted by atomic mass is 35.5. The van der Waals surface area contributed by atoms with E-state index in [0.717, 1.165) is 29.8 Å². The molecule has 2 aromatic heterocycles. The summed E-state index contributed by atoms with van der Waals surface area (Å²) in [6, 6.07) is 7.51. The molecule has 0 aliphatic heterocycles. The summed E-state index contributed by atoms with van der Waals surface area (Å²) in [5.41, 5.74) is 3.03. The zero-order valence-electron chi connectivity index (χ0n) is 16.4. The number of aryl methyl sites for hydroxylation is 1. The minimum atomic E-state index is -1.12. The van der Waals surface area contributed by atoms with Gasteiger partial charge in [0, 0.05) is 23.6 Å². The van der Waals surface area contributed by atoms with Gasteiger partial charge in [-0.05, 0) is 63.5 Å². The SMILES string of the molecule is Cc1cc(/C=C(\C#N)C(=O)O[C@@H](C)C(=O)Nc2cccnc2Cl)c(C)n1C1CC1. The van der Waals surface area contributed by atoms with Crippen LogP contribution in [0, 0.1) is 25.2 Å². The van der Waals surface area contributed by atoms with Gasteiger partial charge in [0.25, 0.3) is 5.91 Å². The Balaban J connectivity index is 1.70. The summed E-state index contributed by atoms with van der Waals surface area (Å²) in [7, 11) is 0. The number of amides is 1. The van der Waals surface area contributed by atoms with Gasteiger partial charge in [0.2, 0.25) is 0 Å². The Morgan fingerprint density at radius 1 is 1.45 bits per heavy atom. The fourth-order valence-electron chi connectivity index (χ4n) is 3.13. The van der Waals surface area contributed by atoms with Crippen molar-refractivity contribution in [3.05, 3.63) is 52.1 Å². The number of aromatic nitrogens is 2. The minimum Gasteiger partial charge on any atom is -0.448 e. The maximum Gasteiger partial charge on any atom is 0.349 e. The minimum absolute atomic E-state index is 0.128. The van der Waals surface area contributed by atoms with Gasteiger partial charge in [0.05, 0.1) is 5.69 Å². The maximum atomic E-state index is 12.4. The van der Waals surface area contributed by atoms with Crippen molar-refractivity contribution in [1.82, 2.24) is 9.55 Å². The number of rotatable bonds is 6. The van der Waals surface area contributed by atoms with Gasteiger partial charge in [-0.25, -0.2) is 9.78 Å². The van der Waals surface area contributed by atoms with E-state index >= 15 is 0 Å². The summed E-state index contributed by atoms with van der Waals surface area (Å²) in [6.45, 7) is 5.39. The van der Waals surface area contributed by atoms with Crippen molar-refractivity contribution in [2.45, 2.75) is 45.8 Å². The number of ether oxygens (including phenoxy) is 1. The van der Waals surface area contributed by atoms with E-state index in [1.54, 1.807) is 12.1 Å². The van der Waals surface area contributed by atoms with E-state index in [1.165, 1.54) is 19.2 Å². The fourth-order valence-corrected chi connectivity index (χ4v) is 3.29. The smallest absolute Gasteiger partial charge is 0.349 e. The molecule has 1 aliphatic rings. The molecule has 2 heterocycles. The standard InChI is InChI=1S/C21H21ClN4O3/c1-12-9-15(13(2)26(12)17-6-7-17)10-16(11-23)21(28)29-14(3)20(27)25-18-5-4-8-24-19(18)22/h4-5,8-10,14,17H,6-7H2,1-3H3,(H,25,27)/b16-10+/t14-/m0/s1. The third-order valence-electron chi connectivity index (χ3n) is 4.75. The lowest BCUT2D eigenvalue weighted by Gasteiger charge is -2.13. The molecule has 1 N–H and O–H groups in total. The number of nitrogens with one attached hydrogen (secondary N) is 1. The molecule has 150 valence electrons. The summed E-state index contributed by atoms with van der Waals surface area (Å²) < 4.78 is 7.40. The molecule has 1 saturated carbocycles. The van der Waals surface area contributed by atoms with Crippen molar-refractivity contribution in [3.63, 3.8) is 0 Å². The van der Waals surface area contributed by atoms with Crippen molar-refractivity contribution in [1.29, 1.82) is 5.26 Å². The lowest BCUT2D eigenvalue weighted by molar-refractivity contribution is -0.148. The number of halogens is 1. The van der Waals surface area contributed by atoms with Gasteiger partial charge >= 0.3 is 5.97 Å². The predicted octanol–water partition coefficient (Wildman–Crippen LogP) is 3.97. The molecule has 0 bridgehead atoms. The number of esters is 1. The molecule has 3 rings (SSSR count). The third kappa shape index (κ3) is 4.66. The van der Waals surface area contributed by atoms with Gasteiger partial charge in [-0.3, -0.25) is 4.79 Å². The summed E-state index contributed by atoms with van der Waals surface area (Å²) >= 11 is 5.91. The molecule has 29 heavy (non-hydrogen) atoms. The second-order valence-corrected chi connectivity index (χ2v) is 7.33. The van der Waals surface area contributed by atoms with Gasteiger partial charge in [-0.2, -0.15) is 5.26 Å². The first-order chi connectivity index (χ1) is 13.8. The highest BCUT2D eigenvalue weighted by Crippen LogP contribution is 2.38. The topological polar surface area (TPSA) is 97.0 Å². The van der Waals surface area contributed by atoms with E-state index in [2.05, 4.69) is 14.9 Å². The summed E-state index contributed by atoms with van der Waals surface area (Å²) in [5.74, 6) is -1.43. The first kappa shape index (κ1) is 20.6. The van der Waals surface area contributed by atoms with Gasteiger partial charge in [-0.1, -0.05) is 11.6 Å². The molecule has 0 radical (unpaired) electrons. The second-order valence-electron chi connectivity index (χ2n) is 6.98. The Morgan fingerprint density at radius 2 is 2.17 bits per heavy atom. The van der Waals surface area contributed by atoms with Crippen LogP contribution in [0.4, 0.5) is 5.69 Å². The van der Waals surface area contributed by atoms with E-state index in [1.807, 2.05) is 26.0 Å². The number of nitriles is 1. The monoisotopic (exact) mass is 412 g/mol. The Morgan fingerprint density at radius 3 is 2.79 bits per heavy atom. The molecule has 1 amide bonds. The summed E-state index contributed by atoms with van der Waals surface area (Å²) in [4.78, 5) is 28.6. The molecule has 7 nitrogen and oxygen atoms in total. The summed E-state index contributed by atoms with van der Waals surface area (Å²) in [5, 5.41) is 12.1. The van der Waals surface area contributed by atoms with Crippen molar-refractivity contribution < 1.29 is 14.3 Å². The molecule has 2 aromatic rings. The number of carbonyl (C=O) groups is 2. The number of carbonyl (C=O) groups excluding carboxylic acids is 2. The van der Waals surface area contributed by atoms with Gasteiger partial charge in [0.15, 0.2) is 11.3 Å². The van der Waals surface area contributed by atoms with E-state index in [0.29, 0.717) is 11.7 Å². The average Bonchev–Trinajstić information content (AvgIpc) is 3.47. The highest BCUT2D eigenvalue weighted by Gasteiger charge is 2.27. The van der Waals surface area contributed by atoms with Crippen LogP contribution >= 0.6 is 11.6 Å². The number of hydrogen-bond donors (Lipinski definition) is 1. The van der Waals surface area contributed by atoms with Crippen molar-refractivity contribution in [3.8, 4) is 6.07 Å². The molecule has 0 unspecified atom stereocenters. The fraction of sp³-hybridized carbons (Fsp3) is 0.333. The van der Waals surface area contributed by atoms with E-state index < -0.39 is 18.0 Å². The molecule has 0 saturated heterocycles. The lowest BCUT2D eigenvalue weighted by Crippen LogP contribution is -2.30. The second kappa shape index (κ2) is 8.50. The molecule has 1 atom stereocenters. The average molecular weight is 413 g/mol. The first-order valence-electron chi connectivity index (χ1n) is 9.24. The third-order valence-corrected chi connectivity index (χ3v) is 5.05. The van der Waals surface area contributed by atoms with E-state index in [-0.39, 0.29) is 10.7 Å². The van der Waals surface area contributed by atoms with Gasteiger partial charge in [0.1, 0.15) is 11.6 Å². The van der Waals surface area contributed by atoms with Gasteiger partial charge in [-0.15, -0.1) is 0 Å². The number of anilines is 1.